The van der Waals surface area contributed by atoms with Crippen molar-refractivity contribution in [3.8, 4) is 11.3 Å². The first-order valence-electron chi connectivity index (χ1n) is 6.55. The average Bonchev–Trinajstić information content (AvgIpc) is 2.55. The molecule has 0 saturated carbocycles. The molecule has 0 fully saturated rings. The number of rotatable bonds is 3. The third-order valence-corrected chi connectivity index (χ3v) is 3.38. The summed E-state index contributed by atoms with van der Waals surface area (Å²) in [6.07, 6.45) is 1.44. The van der Waals surface area contributed by atoms with E-state index >= 15 is 0 Å². The topological polar surface area (TPSA) is 73.3 Å². The minimum absolute atomic E-state index is 0.0213. The van der Waals surface area contributed by atoms with Crippen molar-refractivity contribution in [2.75, 3.05) is 0 Å². The van der Waals surface area contributed by atoms with Gasteiger partial charge in [0.2, 0.25) is 5.43 Å². The Balaban J connectivity index is 2.27. The van der Waals surface area contributed by atoms with Gasteiger partial charge in [-0.1, -0.05) is 24.8 Å². The zero-order chi connectivity index (χ0) is 15.7. The number of benzene rings is 2. The fraction of sp³-hybridized carbons (Fsp3) is 0. The van der Waals surface area contributed by atoms with Crippen LogP contribution in [0, 0.1) is 10.1 Å². The highest BCUT2D eigenvalue weighted by atomic mass is 16.6. The lowest BCUT2D eigenvalue weighted by atomic mass is 10.0. The summed E-state index contributed by atoms with van der Waals surface area (Å²) in [5, 5.41) is 11.2. The van der Waals surface area contributed by atoms with E-state index in [4.69, 9.17) is 4.42 Å². The molecule has 3 rings (SSSR count). The Hall–Kier alpha value is -3.21. The Bertz CT molecular complexity index is 939. The van der Waals surface area contributed by atoms with E-state index in [9.17, 15) is 14.9 Å². The number of nitro benzene ring substituents is 1. The van der Waals surface area contributed by atoms with Crippen LogP contribution in [0.1, 0.15) is 5.56 Å². The van der Waals surface area contributed by atoms with E-state index in [-0.39, 0.29) is 11.1 Å². The number of nitrogens with zero attached hydrogens (tertiary/aromatic N) is 1. The van der Waals surface area contributed by atoms with Crippen molar-refractivity contribution in [1.82, 2.24) is 0 Å². The van der Waals surface area contributed by atoms with Crippen LogP contribution in [0.3, 0.4) is 0 Å². The smallest absolute Gasteiger partial charge is 0.269 e. The first-order valence-corrected chi connectivity index (χ1v) is 6.55. The van der Waals surface area contributed by atoms with Gasteiger partial charge in [-0.3, -0.25) is 14.9 Å². The van der Waals surface area contributed by atoms with Crippen LogP contribution in [0.5, 0.6) is 0 Å². The lowest BCUT2D eigenvalue weighted by Gasteiger charge is -2.07. The summed E-state index contributed by atoms with van der Waals surface area (Å²) in [4.78, 5) is 22.7. The SMILES string of the molecule is C=Cc1c(-c2ccc([N+](=O)[O-])cc2)oc2ccccc2c1=O. The first-order chi connectivity index (χ1) is 10.6. The number of non-ortho nitro benzene ring substituents is 1. The van der Waals surface area contributed by atoms with E-state index in [1.165, 1.54) is 18.2 Å². The van der Waals surface area contributed by atoms with Gasteiger partial charge in [-0.05, 0) is 24.3 Å². The molecule has 0 amide bonds. The fourth-order valence-electron chi connectivity index (χ4n) is 2.29. The second-order valence-corrected chi connectivity index (χ2v) is 4.68. The van der Waals surface area contributed by atoms with Crippen LogP contribution in [0.2, 0.25) is 0 Å². The van der Waals surface area contributed by atoms with Crippen molar-refractivity contribution in [3.05, 3.63) is 81.0 Å². The highest BCUT2D eigenvalue weighted by molar-refractivity contribution is 5.83. The quantitative estimate of drug-likeness (QED) is 0.540. The van der Waals surface area contributed by atoms with Crippen LogP contribution in [0.4, 0.5) is 5.69 Å². The zero-order valence-corrected chi connectivity index (χ0v) is 11.5. The molecule has 0 bridgehead atoms. The van der Waals surface area contributed by atoms with E-state index in [0.717, 1.165) is 0 Å². The van der Waals surface area contributed by atoms with E-state index in [1.54, 1.807) is 36.4 Å². The van der Waals surface area contributed by atoms with Crippen molar-refractivity contribution in [2.24, 2.45) is 0 Å². The predicted octanol–water partition coefficient (Wildman–Crippen LogP) is 4.01. The summed E-state index contributed by atoms with van der Waals surface area (Å²) in [7, 11) is 0. The molecule has 0 unspecified atom stereocenters. The maximum Gasteiger partial charge on any atom is 0.269 e. The van der Waals surface area contributed by atoms with Gasteiger partial charge in [0, 0.05) is 17.7 Å². The number of nitro groups is 1. The summed E-state index contributed by atoms with van der Waals surface area (Å²) in [6.45, 7) is 3.66. The molecule has 1 heterocycles. The molecule has 3 aromatic rings. The van der Waals surface area contributed by atoms with E-state index in [1.807, 2.05) is 0 Å². The minimum Gasteiger partial charge on any atom is -0.455 e. The van der Waals surface area contributed by atoms with Crippen molar-refractivity contribution < 1.29 is 9.34 Å². The molecule has 0 atom stereocenters. The Kier molecular flexibility index (Phi) is 3.31. The van der Waals surface area contributed by atoms with Gasteiger partial charge in [0.05, 0.1) is 15.9 Å². The van der Waals surface area contributed by atoms with Gasteiger partial charge >= 0.3 is 0 Å². The normalized spacial score (nSPS) is 10.5. The zero-order valence-electron chi connectivity index (χ0n) is 11.5. The summed E-state index contributed by atoms with van der Waals surface area (Å²) in [5.74, 6) is 0.355. The van der Waals surface area contributed by atoms with Crippen LogP contribution in [0.25, 0.3) is 28.4 Å². The summed E-state index contributed by atoms with van der Waals surface area (Å²) >= 11 is 0. The summed E-state index contributed by atoms with van der Waals surface area (Å²) in [5.41, 5.74) is 1.19. The molecule has 22 heavy (non-hydrogen) atoms. The number of hydrogen-bond donors (Lipinski definition) is 0. The lowest BCUT2D eigenvalue weighted by molar-refractivity contribution is -0.384. The molecule has 0 aliphatic carbocycles. The molecule has 0 N–H and O–H groups in total. The molecule has 2 aromatic carbocycles. The molecule has 1 aromatic heterocycles. The third kappa shape index (κ3) is 2.18. The molecule has 5 heteroatoms. The minimum atomic E-state index is -0.477. The van der Waals surface area contributed by atoms with Crippen LogP contribution < -0.4 is 5.43 Å². The van der Waals surface area contributed by atoms with Gasteiger partial charge in [-0.25, -0.2) is 0 Å². The molecule has 0 spiro atoms. The molecule has 108 valence electrons. The van der Waals surface area contributed by atoms with Crippen LogP contribution in [0.15, 0.2) is 64.3 Å². The molecular formula is C17H11NO4. The molecule has 0 saturated heterocycles. The van der Waals surface area contributed by atoms with Crippen LogP contribution in [-0.4, -0.2) is 4.92 Å². The van der Waals surface area contributed by atoms with Gasteiger partial charge in [-0.2, -0.15) is 0 Å². The van der Waals surface area contributed by atoms with Crippen molar-refractivity contribution in [3.63, 3.8) is 0 Å². The fourth-order valence-corrected chi connectivity index (χ4v) is 2.29. The van der Waals surface area contributed by atoms with Crippen molar-refractivity contribution in [1.29, 1.82) is 0 Å². The second kappa shape index (κ2) is 5.29. The van der Waals surface area contributed by atoms with Crippen molar-refractivity contribution >= 4 is 22.7 Å². The molecule has 0 aliphatic heterocycles. The standard InChI is InChI=1S/C17H11NO4/c1-2-13-16(19)14-5-3-4-6-15(14)22-17(13)11-7-9-12(10-8-11)18(20)21/h2-10H,1H2. The van der Waals surface area contributed by atoms with Crippen LogP contribution >= 0.6 is 0 Å². The van der Waals surface area contributed by atoms with Crippen molar-refractivity contribution in [2.45, 2.75) is 0 Å². The Morgan fingerprint density at radius 2 is 1.77 bits per heavy atom. The van der Waals surface area contributed by atoms with Gasteiger partial charge in [0.1, 0.15) is 11.3 Å². The van der Waals surface area contributed by atoms with Gasteiger partial charge in [0.25, 0.3) is 5.69 Å². The number of fused-ring (bicyclic) bond motifs is 1. The lowest BCUT2D eigenvalue weighted by Crippen LogP contribution is -2.07. The molecular weight excluding hydrogens is 282 g/mol. The average molecular weight is 293 g/mol. The second-order valence-electron chi connectivity index (χ2n) is 4.68. The maximum atomic E-state index is 12.5. The highest BCUT2D eigenvalue weighted by Gasteiger charge is 2.14. The number of hydrogen-bond acceptors (Lipinski definition) is 4. The maximum absolute atomic E-state index is 12.5. The largest absolute Gasteiger partial charge is 0.455 e. The van der Waals surface area contributed by atoms with E-state index in [0.29, 0.717) is 27.9 Å². The van der Waals surface area contributed by atoms with Crippen LogP contribution in [-0.2, 0) is 0 Å². The van der Waals surface area contributed by atoms with Gasteiger partial charge in [-0.15, -0.1) is 0 Å². The Labute approximate surface area is 125 Å². The highest BCUT2D eigenvalue weighted by Crippen LogP contribution is 2.28. The van der Waals surface area contributed by atoms with Gasteiger partial charge < -0.3 is 4.42 Å². The third-order valence-electron chi connectivity index (χ3n) is 3.38. The van der Waals surface area contributed by atoms with Gasteiger partial charge in [0.15, 0.2) is 0 Å². The number of para-hydroxylation sites is 1. The predicted molar refractivity (Wildman–Crippen MR) is 84.7 cm³/mol. The molecule has 0 radical (unpaired) electrons. The first kappa shape index (κ1) is 13.8. The monoisotopic (exact) mass is 293 g/mol. The summed E-state index contributed by atoms with van der Waals surface area (Å²) in [6, 6.07) is 12.8. The van der Waals surface area contributed by atoms with E-state index in [2.05, 4.69) is 6.58 Å². The van der Waals surface area contributed by atoms with E-state index < -0.39 is 4.92 Å². The molecule has 5 nitrogen and oxygen atoms in total. The Morgan fingerprint density at radius 3 is 2.41 bits per heavy atom. The molecule has 0 aliphatic rings. The summed E-state index contributed by atoms with van der Waals surface area (Å²) < 4.78 is 5.81. The Morgan fingerprint density at radius 1 is 1.09 bits per heavy atom.